The summed E-state index contributed by atoms with van der Waals surface area (Å²) < 4.78 is 38.1. The number of pyridine rings is 1. The fourth-order valence-corrected chi connectivity index (χ4v) is 1.52. The molecule has 0 atom stereocenters. The lowest BCUT2D eigenvalue weighted by Crippen LogP contribution is -2.25. The van der Waals surface area contributed by atoms with E-state index >= 15 is 0 Å². The van der Waals surface area contributed by atoms with Crippen LogP contribution in [-0.4, -0.2) is 15.0 Å². The van der Waals surface area contributed by atoms with Crippen molar-refractivity contribution in [3.63, 3.8) is 0 Å². The number of nitrogens with zero attached hydrogens (tertiary/aromatic N) is 1. The topological polar surface area (TPSA) is 78.6 Å². The maximum absolute atomic E-state index is 12.7. The van der Waals surface area contributed by atoms with Gasteiger partial charge in [-0.3, -0.25) is 14.8 Å². The molecule has 0 aliphatic heterocycles. The number of hydrogen-bond donors (Lipinski definition) is 2. The first-order valence-corrected chi connectivity index (χ1v) is 4.50. The molecule has 17 heavy (non-hydrogen) atoms. The first-order chi connectivity index (χ1) is 7.79. The van der Waals surface area contributed by atoms with Gasteiger partial charge >= 0.3 is 11.9 Å². The molecule has 2 aromatic heterocycles. The minimum atomic E-state index is -4.68. The summed E-state index contributed by atoms with van der Waals surface area (Å²) >= 11 is 0. The third kappa shape index (κ3) is 1.93. The summed E-state index contributed by atoms with van der Waals surface area (Å²) in [5.74, 6) is 0. The van der Waals surface area contributed by atoms with Crippen LogP contribution in [0.3, 0.4) is 0 Å². The van der Waals surface area contributed by atoms with Crippen molar-refractivity contribution in [1.29, 1.82) is 0 Å². The van der Waals surface area contributed by atoms with Crippen molar-refractivity contribution in [3.05, 3.63) is 38.2 Å². The molecule has 0 saturated carbocycles. The van der Waals surface area contributed by atoms with E-state index in [4.69, 9.17) is 0 Å². The highest BCUT2D eigenvalue weighted by atomic mass is 19.4. The molecule has 0 aliphatic carbocycles. The third-order valence-electron chi connectivity index (χ3n) is 2.14. The van der Waals surface area contributed by atoms with Gasteiger partial charge in [0.15, 0.2) is 0 Å². The smallest absolute Gasteiger partial charge is 0.291 e. The van der Waals surface area contributed by atoms with Crippen molar-refractivity contribution in [2.75, 3.05) is 0 Å². The van der Waals surface area contributed by atoms with Crippen LogP contribution in [0.5, 0.6) is 0 Å². The number of nitrogens with one attached hydrogen (secondary N) is 2. The minimum absolute atomic E-state index is 0.0612. The van der Waals surface area contributed by atoms with E-state index in [1.807, 2.05) is 0 Å². The van der Waals surface area contributed by atoms with Gasteiger partial charge in [-0.15, -0.1) is 0 Å². The summed E-state index contributed by atoms with van der Waals surface area (Å²) in [5.41, 5.74) is -3.42. The molecule has 0 amide bonds. The van der Waals surface area contributed by atoms with Crippen LogP contribution in [0.25, 0.3) is 11.0 Å². The number of aromatic amines is 2. The van der Waals surface area contributed by atoms with Crippen LogP contribution in [0.4, 0.5) is 13.2 Å². The quantitative estimate of drug-likeness (QED) is 0.724. The zero-order valence-electron chi connectivity index (χ0n) is 8.47. The van der Waals surface area contributed by atoms with Crippen LogP contribution < -0.4 is 11.2 Å². The summed E-state index contributed by atoms with van der Waals surface area (Å²) in [6, 6.07) is 0.760. The average Bonchev–Trinajstić information content (AvgIpc) is 2.13. The molecule has 5 nitrogen and oxygen atoms in total. The normalized spacial score (nSPS) is 12.0. The molecule has 2 aromatic rings. The third-order valence-corrected chi connectivity index (χ3v) is 2.14. The van der Waals surface area contributed by atoms with Crippen molar-refractivity contribution in [2.24, 2.45) is 0 Å². The number of aromatic nitrogens is 3. The molecular weight excluding hydrogens is 239 g/mol. The van der Waals surface area contributed by atoms with Crippen molar-refractivity contribution in [2.45, 2.75) is 13.1 Å². The van der Waals surface area contributed by atoms with E-state index in [1.165, 1.54) is 6.92 Å². The number of rotatable bonds is 0. The monoisotopic (exact) mass is 245 g/mol. The summed E-state index contributed by atoms with van der Waals surface area (Å²) in [6.45, 7) is 1.34. The molecule has 0 fully saturated rings. The maximum atomic E-state index is 12.7. The van der Waals surface area contributed by atoms with Crippen LogP contribution in [0, 0.1) is 6.92 Å². The van der Waals surface area contributed by atoms with Crippen LogP contribution in [-0.2, 0) is 6.18 Å². The van der Waals surface area contributed by atoms with Crippen molar-refractivity contribution in [1.82, 2.24) is 15.0 Å². The van der Waals surface area contributed by atoms with Gasteiger partial charge < -0.3 is 0 Å². The van der Waals surface area contributed by atoms with Crippen molar-refractivity contribution < 1.29 is 13.2 Å². The Labute approximate surface area is 91.3 Å². The molecule has 0 spiro atoms. The van der Waals surface area contributed by atoms with E-state index in [1.54, 1.807) is 4.98 Å². The van der Waals surface area contributed by atoms with Gasteiger partial charge in [0.05, 0.1) is 10.9 Å². The Hall–Kier alpha value is -2.12. The molecule has 0 aliphatic rings. The Morgan fingerprint density at radius 2 is 1.88 bits per heavy atom. The van der Waals surface area contributed by atoms with Crippen LogP contribution in [0.15, 0.2) is 15.7 Å². The Morgan fingerprint density at radius 3 is 2.47 bits per heavy atom. The zero-order chi connectivity index (χ0) is 12.8. The van der Waals surface area contributed by atoms with Crippen molar-refractivity contribution in [3.8, 4) is 0 Å². The van der Waals surface area contributed by atoms with E-state index in [0.29, 0.717) is 0 Å². The van der Waals surface area contributed by atoms with Crippen LogP contribution in [0.2, 0.25) is 0 Å². The number of H-pyrrole nitrogens is 2. The Balaban J connectivity index is 3.04. The highest BCUT2D eigenvalue weighted by Crippen LogP contribution is 2.32. The fraction of sp³-hybridized carbons (Fsp3) is 0.222. The molecule has 90 valence electrons. The number of hydrogen-bond acceptors (Lipinski definition) is 3. The number of aryl methyl sites for hydroxylation is 1. The highest BCUT2D eigenvalue weighted by molar-refractivity contribution is 5.78. The lowest BCUT2D eigenvalue weighted by molar-refractivity contribution is -0.136. The molecule has 2 rings (SSSR count). The summed E-state index contributed by atoms with van der Waals surface area (Å²) in [6.07, 6.45) is -4.68. The maximum Gasteiger partial charge on any atom is 0.417 e. The fourth-order valence-electron chi connectivity index (χ4n) is 1.52. The predicted octanol–water partition coefficient (Wildman–Crippen LogP) is 0.939. The molecular formula is C9H6F3N3O2. The van der Waals surface area contributed by atoms with E-state index in [-0.39, 0.29) is 11.3 Å². The van der Waals surface area contributed by atoms with Gasteiger partial charge in [0, 0.05) is 5.69 Å². The lowest BCUT2D eigenvalue weighted by atomic mass is 10.1. The Morgan fingerprint density at radius 1 is 1.24 bits per heavy atom. The van der Waals surface area contributed by atoms with Crippen LogP contribution >= 0.6 is 0 Å². The second kappa shape index (κ2) is 3.44. The molecule has 2 N–H and O–H groups in total. The van der Waals surface area contributed by atoms with E-state index < -0.39 is 28.4 Å². The predicted molar refractivity (Wildman–Crippen MR) is 52.7 cm³/mol. The largest absolute Gasteiger partial charge is 0.417 e. The minimum Gasteiger partial charge on any atom is -0.291 e. The van der Waals surface area contributed by atoms with E-state index in [2.05, 4.69) is 9.97 Å². The molecule has 0 saturated heterocycles. The van der Waals surface area contributed by atoms with Gasteiger partial charge in [-0.25, -0.2) is 9.78 Å². The van der Waals surface area contributed by atoms with E-state index in [9.17, 15) is 22.8 Å². The van der Waals surface area contributed by atoms with Gasteiger partial charge in [0.25, 0.3) is 5.56 Å². The van der Waals surface area contributed by atoms with Gasteiger partial charge in [0.2, 0.25) is 0 Å². The molecule has 0 unspecified atom stereocenters. The summed E-state index contributed by atoms with van der Waals surface area (Å²) in [7, 11) is 0. The molecule has 8 heteroatoms. The van der Waals surface area contributed by atoms with Gasteiger partial charge in [-0.2, -0.15) is 13.2 Å². The van der Waals surface area contributed by atoms with E-state index in [0.717, 1.165) is 6.07 Å². The first kappa shape index (κ1) is 11.4. The summed E-state index contributed by atoms with van der Waals surface area (Å²) in [5, 5.41) is -0.664. The second-order valence-electron chi connectivity index (χ2n) is 3.44. The number of halogens is 3. The van der Waals surface area contributed by atoms with Gasteiger partial charge in [0.1, 0.15) is 5.65 Å². The van der Waals surface area contributed by atoms with Gasteiger partial charge in [-0.05, 0) is 13.0 Å². The molecule has 0 radical (unpaired) electrons. The SMILES string of the molecule is Cc1cc(C(F)(F)F)c2c(=O)[nH]c(=O)[nH]c2n1. The van der Waals surface area contributed by atoms with Crippen LogP contribution in [0.1, 0.15) is 11.3 Å². The Bertz CT molecular complexity index is 699. The first-order valence-electron chi connectivity index (χ1n) is 4.50. The number of fused-ring (bicyclic) bond motifs is 1. The summed E-state index contributed by atoms with van der Waals surface area (Å²) in [4.78, 5) is 29.8. The Kier molecular flexibility index (Phi) is 2.30. The van der Waals surface area contributed by atoms with Gasteiger partial charge in [-0.1, -0.05) is 0 Å². The highest BCUT2D eigenvalue weighted by Gasteiger charge is 2.34. The molecule has 0 bridgehead atoms. The number of alkyl halides is 3. The average molecular weight is 245 g/mol. The zero-order valence-corrected chi connectivity index (χ0v) is 8.47. The molecule has 2 heterocycles. The lowest BCUT2D eigenvalue weighted by Gasteiger charge is -2.09. The molecule has 0 aromatic carbocycles. The van der Waals surface area contributed by atoms with Crippen molar-refractivity contribution >= 4 is 11.0 Å². The standard InChI is InChI=1S/C9H6F3N3O2/c1-3-2-4(9(10,11)12)5-6(13-3)14-8(17)15-7(5)16/h2H,1H3,(H2,13,14,15,16,17). The second-order valence-corrected chi connectivity index (χ2v) is 3.44.